The number of thioether (sulfide) groups is 1. The van der Waals surface area contributed by atoms with E-state index in [1.54, 1.807) is 7.11 Å². The third kappa shape index (κ3) is 3.55. The smallest absolute Gasteiger partial charge is 0.240 e. The van der Waals surface area contributed by atoms with E-state index in [0.717, 1.165) is 29.2 Å². The van der Waals surface area contributed by atoms with E-state index in [1.807, 2.05) is 66.2 Å². The summed E-state index contributed by atoms with van der Waals surface area (Å²) in [5, 5.41) is 11.8. The van der Waals surface area contributed by atoms with Gasteiger partial charge in [-0.25, -0.2) is 4.68 Å². The van der Waals surface area contributed by atoms with E-state index in [-0.39, 0.29) is 11.9 Å². The topological polar surface area (TPSA) is 81.1 Å². The summed E-state index contributed by atoms with van der Waals surface area (Å²) in [7, 11) is 1.61. The van der Waals surface area contributed by atoms with Crippen molar-refractivity contribution in [2.24, 2.45) is 0 Å². The van der Waals surface area contributed by atoms with Gasteiger partial charge in [0.25, 0.3) is 0 Å². The molecule has 4 rings (SSSR count). The molecule has 0 unspecified atom stereocenters. The van der Waals surface area contributed by atoms with Crippen LogP contribution in [0.2, 0.25) is 0 Å². The Kier molecular flexibility index (Phi) is 5.21. The Morgan fingerprint density at radius 2 is 1.93 bits per heavy atom. The summed E-state index contributed by atoms with van der Waals surface area (Å²) in [6.07, 6.45) is 0.755. The predicted octanol–water partition coefficient (Wildman–Crippen LogP) is 3.25. The minimum atomic E-state index is -0.397. The highest BCUT2D eigenvalue weighted by molar-refractivity contribution is 8.00. The van der Waals surface area contributed by atoms with Gasteiger partial charge in [-0.05, 0) is 29.8 Å². The van der Waals surface area contributed by atoms with Gasteiger partial charge in [-0.1, -0.05) is 49.0 Å². The highest BCUT2D eigenvalue weighted by Crippen LogP contribution is 2.37. The lowest BCUT2D eigenvalue weighted by Gasteiger charge is -2.33. The van der Waals surface area contributed by atoms with E-state index < -0.39 is 5.25 Å². The van der Waals surface area contributed by atoms with Crippen molar-refractivity contribution >= 4 is 23.4 Å². The first-order valence-electron chi connectivity index (χ1n) is 9.07. The Morgan fingerprint density at radius 3 is 2.61 bits per heavy atom. The first-order chi connectivity index (χ1) is 13.7. The summed E-state index contributed by atoms with van der Waals surface area (Å²) >= 11 is 1.42. The average Bonchev–Trinajstić information content (AvgIpc) is 3.16. The van der Waals surface area contributed by atoms with E-state index in [2.05, 4.69) is 20.9 Å². The zero-order chi connectivity index (χ0) is 19.5. The summed E-state index contributed by atoms with van der Waals surface area (Å²) in [6, 6.07) is 17.0. The van der Waals surface area contributed by atoms with Crippen LogP contribution >= 0.6 is 11.8 Å². The number of fused-ring (bicyclic) bond motifs is 1. The Balaban J connectivity index is 1.62. The molecule has 3 aromatic rings. The summed E-state index contributed by atoms with van der Waals surface area (Å²) in [5.74, 6) is 1.50. The van der Waals surface area contributed by atoms with Gasteiger partial charge in [-0.3, -0.25) is 4.79 Å². The number of nitrogens with zero attached hydrogens (tertiary/aromatic N) is 3. The van der Waals surface area contributed by atoms with E-state index in [9.17, 15) is 4.79 Å². The SMILES string of the molecule is CCc1nnc2n1N[C@H](c1ccccc1)[C@H](C(=O)Nc1ccc(OC)cc1)S2. The maximum atomic E-state index is 13.1. The van der Waals surface area contributed by atoms with Gasteiger partial charge in [0, 0.05) is 12.1 Å². The molecule has 0 spiro atoms. The van der Waals surface area contributed by atoms with E-state index in [0.29, 0.717) is 5.16 Å². The maximum absolute atomic E-state index is 13.1. The van der Waals surface area contributed by atoms with Crippen molar-refractivity contribution < 1.29 is 9.53 Å². The van der Waals surface area contributed by atoms with Crippen LogP contribution < -0.4 is 15.5 Å². The number of hydrogen-bond acceptors (Lipinski definition) is 6. The van der Waals surface area contributed by atoms with E-state index in [4.69, 9.17) is 4.74 Å². The molecule has 0 aliphatic carbocycles. The molecule has 1 aliphatic rings. The molecule has 2 atom stereocenters. The molecule has 2 N–H and O–H groups in total. The van der Waals surface area contributed by atoms with Crippen LogP contribution in [0.15, 0.2) is 59.8 Å². The summed E-state index contributed by atoms with van der Waals surface area (Å²) in [4.78, 5) is 13.1. The lowest BCUT2D eigenvalue weighted by Crippen LogP contribution is -2.41. The van der Waals surface area contributed by atoms with Gasteiger partial charge in [0.1, 0.15) is 11.0 Å². The summed E-state index contributed by atoms with van der Waals surface area (Å²) in [6.45, 7) is 2.03. The van der Waals surface area contributed by atoms with Crippen LogP contribution in [0.25, 0.3) is 0 Å². The number of nitrogens with one attached hydrogen (secondary N) is 2. The molecular formula is C20H21N5O2S. The number of methoxy groups -OCH3 is 1. The Hall–Kier alpha value is -3.00. The van der Waals surface area contributed by atoms with Crippen LogP contribution in [-0.4, -0.2) is 33.1 Å². The Labute approximate surface area is 167 Å². The van der Waals surface area contributed by atoms with Gasteiger partial charge >= 0.3 is 0 Å². The molecule has 28 heavy (non-hydrogen) atoms. The normalized spacial score (nSPS) is 18.1. The van der Waals surface area contributed by atoms with Crippen molar-refractivity contribution in [1.82, 2.24) is 14.9 Å². The van der Waals surface area contributed by atoms with Crippen molar-refractivity contribution in [2.45, 2.75) is 29.8 Å². The molecule has 0 saturated heterocycles. The third-order valence-electron chi connectivity index (χ3n) is 4.59. The minimum absolute atomic E-state index is 0.0937. The predicted molar refractivity (Wildman–Crippen MR) is 109 cm³/mol. The lowest BCUT2D eigenvalue weighted by molar-refractivity contribution is -0.116. The zero-order valence-corrected chi connectivity index (χ0v) is 16.4. The van der Waals surface area contributed by atoms with E-state index >= 15 is 0 Å². The monoisotopic (exact) mass is 395 g/mol. The summed E-state index contributed by atoms with van der Waals surface area (Å²) < 4.78 is 7.06. The molecule has 0 radical (unpaired) electrons. The number of aryl methyl sites for hydroxylation is 1. The molecule has 1 aliphatic heterocycles. The number of carbonyl (C=O) groups excluding carboxylic acids is 1. The summed E-state index contributed by atoms with van der Waals surface area (Å²) in [5.41, 5.74) is 5.19. The average molecular weight is 395 g/mol. The van der Waals surface area contributed by atoms with Gasteiger partial charge in [0.05, 0.1) is 13.2 Å². The number of rotatable bonds is 5. The van der Waals surface area contributed by atoms with Crippen LogP contribution in [0.3, 0.4) is 0 Å². The number of ether oxygens (including phenoxy) is 1. The standard InChI is InChI=1S/C20H21N5O2S/c1-3-16-22-23-20-25(16)24-17(13-7-5-4-6-8-13)18(28-20)19(26)21-14-9-11-15(27-2)12-10-14/h4-12,17-18,24H,3H2,1-2H3,(H,21,26)/t17-,18-/m1/s1. The molecule has 8 heteroatoms. The quantitative estimate of drug-likeness (QED) is 0.690. The van der Waals surface area contributed by atoms with Gasteiger partial charge < -0.3 is 15.5 Å². The molecule has 0 saturated carbocycles. The minimum Gasteiger partial charge on any atom is -0.497 e. The second-order valence-corrected chi connectivity index (χ2v) is 7.47. The molecular weight excluding hydrogens is 374 g/mol. The fourth-order valence-electron chi connectivity index (χ4n) is 3.13. The van der Waals surface area contributed by atoms with Crippen molar-refractivity contribution in [3.05, 3.63) is 66.0 Å². The van der Waals surface area contributed by atoms with Crippen LogP contribution in [0.4, 0.5) is 5.69 Å². The van der Waals surface area contributed by atoms with E-state index in [1.165, 1.54) is 11.8 Å². The molecule has 7 nitrogen and oxygen atoms in total. The van der Waals surface area contributed by atoms with Crippen molar-refractivity contribution in [3.63, 3.8) is 0 Å². The van der Waals surface area contributed by atoms with Crippen LogP contribution in [0.5, 0.6) is 5.75 Å². The molecule has 1 aromatic heterocycles. The van der Waals surface area contributed by atoms with Crippen LogP contribution in [0.1, 0.15) is 24.4 Å². The highest BCUT2D eigenvalue weighted by atomic mass is 32.2. The molecule has 144 valence electrons. The highest BCUT2D eigenvalue weighted by Gasteiger charge is 2.37. The number of carbonyl (C=O) groups is 1. The maximum Gasteiger partial charge on any atom is 0.240 e. The number of amides is 1. The second-order valence-electron chi connectivity index (χ2n) is 6.36. The van der Waals surface area contributed by atoms with Gasteiger partial charge in [0.15, 0.2) is 5.82 Å². The van der Waals surface area contributed by atoms with Crippen LogP contribution in [-0.2, 0) is 11.2 Å². The van der Waals surface area contributed by atoms with Gasteiger partial charge in [-0.15, -0.1) is 10.2 Å². The number of benzene rings is 2. The Bertz CT molecular complexity index is 958. The fraction of sp³-hybridized carbons (Fsp3) is 0.250. The first kappa shape index (κ1) is 18.4. The molecule has 2 aromatic carbocycles. The van der Waals surface area contributed by atoms with Crippen LogP contribution in [0, 0.1) is 0 Å². The Morgan fingerprint density at radius 1 is 1.18 bits per heavy atom. The van der Waals surface area contributed by atoms with Crippen molar-refractivity contribution in [3.8, 4) is 5.75 Å². The molecule has 1 amide bonds. The number of anilines is 1. The first-order valence-corrected chi connectivity index (χ1v) is 9.95. The second kappa shape index (κ2) is 7.93. The van der Waals surface area contributed by atoms with Crippen molar-refractivity contribution in [1.29, 1.82) is 0 Å². The number of hydrogen-bond donors (Lipinski definition) is 2. The van der Waals surface area contributed by atoms with Crippen molar-refractivity contribution in [2.75, 3.05) is 17.9 Å². The fourth-order valence-corrected chi connectivity index (χ4v) is 4.22. The van der Waals surface area contributed by atoms with Gasteiger partial charge in [-0.2, -0.15) is 0 Å². The zero-order valence-electron chi connectivity index (χ0n) is 15.6. The molecule has 0 fully saturated rings. The van der Waals surface area contributed by atoms with Gasteiger partial charge in [0.2, 0.25) is 11.1 Å². The molecule has 0 bridgehead atoms. The lowest BCUT2D eigenvalue weighted by atomic mass is 10.0. The molecule has 2 heterocycles. The number of aromatic nitrogens is 3. The third-order valence-corrected chi connectivity index (χ3v) is 5.81. The largest absolute Gasteiger partial charge is 0.497 e.